The summed E-state index contributed by atoms with van der Waals surface area (Å²) in [6.07, 6.45) is 0. The van der Waals surface area contributed by atoms with Crippen molar-refractivity contribution in [1.82, 2.24) is 0 Å². The quantitative estimate of drug-likeness (QED) is 0.264. The monoisotopic (exact) mass is 518 g/mol. The molecule has 0 radical (unpaired) electrons. The van der Waals surface area contributed by atoms with Crippen LogP contribution in [-0.4, -0.2) is 85.5 Å². The fraction of sp³-hybridized carbons (Fsp3) is 1.00. The molecule has 0 unspecified atom stereocenters. The van der Waals surface area contributed by atoms with Crippen molar-refractivity contribution < 1.29 is 34.8 Å². The zero-order chi connectivity index (χ0) is 23.7. The Morgan fingerprint density at radius 2 is 0.733 bits per heavy atom. The fourth-order valence-electron chi connectivity index (χ4n) is 3.46. The van der Waals surface area contributed by atoms with E-state index in [1.807, 2.05) is 0 Å². The van der Waals surface area contributed by atoms with Crippen LogP contribution in [0.15, 0.2) is 0 Å². The van der Waals surface area contributed by atoms with Crippen LogP contribution in [-0.2, 0) is 34.8 Å². The molecule has 30 heavy (non-hydrogen) atoms. The molecule has 13 heteroatoms. The molecule has 0 bridgehead atoms. The fourth-order valence-corrected chi connectivity index (χ4v) is 24.8. The van der Waals surface area contributed by atoms with Crippen molar-refractivity contribution in [1.29, 1.82) is 0 Å². The lowest BCUT2D eigenvalue weighted by molar-refractivity contribution is 0.124. The van der Waals surface area contributed by atoms with Gasteiger partial charge in [-0.1, -0.05) is 6.92 Å². The van der Waals surface area contributed by atoms with E-state index in [0.29, 0.717) is 0 Å². The third-order valence-corrected chi connectivity index (χ3v) is 24.1. The van der Waals surface area contributed by atoms with Crippen LogP contribution < -0.4 is 0 Å². The summed E-state index contributed by atoms with van der Waals surface area (Å²) in [7, 11) is -1.65. The van der Waals surface area contributed by atoms with Gasteiger partial charge in [0.2, 0.25) is 0 Å². The first-order chi connectivity index (χ1) is 13.8. The van der Waals surface area contributed by atoms with Crippen LogP contribution in [0.4, 0.5) is 0 Å². The lowest BCUT2D eigenvalue weighted by Crippen LogP contribution is -2.55. The van der Waals surface area contributed by atoms with E-state index >= 15 is 0 Å². The Morgan fingerprint density at radius 3 is 0.933 bits per heavy atom. The van der Waals surface area contributed by atoms with Gasteiger partial charge in [0, 0.05) is 54.7 Å². The first-order valence-electron chi connectivity index (χ1n) is 10.5. The van der Waals surface area contributed by atoms with Crippen molar-refractivity contribution in [3.8, 4) is 0 Å². The van der Waals surface area contributed by atoms with Crippen molar-refractivity contribution in [3.05, 3.63) is 0 Å². The zero-order valence-electron chi connectivity index (χ0n) is 21.3. The van der Waals surface area contributed by atoms with E-state index in [2.05, 4.69) is 39.7 Å². The molecular formula is C17H46O8Si5. The van der Waals surface area contributed by atoms with Crippen molar-refractivity contribution in [3.63, 3.8) is 0 Å². The predicted molar refractivity (Wildman–Crippen MR) is 132 cm³/mol. The van der Waals surface area contributed by atoms with Crippen LogP contribution >= 0.6 is 0 Å². The largest absolute Gasteiger partial charge is 0.499 e. The summed E-state index contributed by atoms with van der Waals surface area (Å²) in [5.41, 5.74) is 0. The molecule has 0 amide bonds. The molecule has 0 saturated carbocycles. The molecule has 0 rings (SSSR count). The molecule has 0 aromatic heterocycles. The minimum absolute atomic E-state index is 0.744. The van der Waals surface area contributed by atoms with E-state index in [1.165, 1.54) is 0 Å². The van der Waals surface area contributed by atoms with Gasteiger partial charge in [-0.25, -0.2) is 0 Å². The predicted octanol–water partition coefficient (Wildman–Crippen LogP) is 4.28. The number of hydrogen-bond donors (Lipinski definition) is 0. The van der Waals surface area contributed by atoms with E-state index in [-0.39, 0.29) is 0 Å². The lowest BCUT2D eigenvalue weighted by atomic mass is 10.9. The lowest BCUT2D eigenvalue weighted by Gasteiger charge is -2.41. The SMILES string of the molecule is CC[Si](C)(O[Si](C)(C)CC[Si](OC)(OC)OC)O[Si](C)(C)CC[Si](OC)(OC)OC. The smallest absolute Gasteiger partial charge is 0.436 e. The Hall–Kier alpha value is 0.764. The van der Waals surface area contributed by atoms with Crippen molar-refractivity contribution in [2.45, 2.75) is 69.9 Å². The second kappa shape index (κ2) is 12.9. The van der Waals surface area contributed by atoms with Crippen LogP contribution in [0, 0.1) is 0 Å². The minimum Gasteiger partial charge on any atom is -0.436 e. The van der Waals surface area contributed by atoms with Gasteiger partial charge in [-0.3, -0.25) is 0 Å². The summed E-state index contributed by atoms with van der Waals surface area (Å²) >= 11 is 0. The summed E-state index contributed by atoms with van der Waals surface area (Å²) in [5.74, 6) is 0. The Bertz CT molecular complexity index is 432. The maximum atomic E-state index is 6.81. The first kappa shape index (κ1) is 30.8. The molecule has 182 valence electrons. The zero-order valence-corrected chi connectivity index (χ0v) is 26.3. The van der Waals surface area contributed by atoms with Gasteiger partial charge in [0.1, 0.15) is 0 Å². The third-order valence-electron chi connectivity index (χ3n) is 5.56. The van der Waals surface area contributed by atoms with Crippen LogP contribution in [0.5, 0.6) is 0 Å². The van der Waals surface area contributed by atoms with Crippen molar-refractivity contribution in [2.24, 2.45) is 0 Å². The Balaban J connectivity index is 5.16. The molecule has 0 aliphatic rings. The van der Waals surface area contributed by atoms with Gasteiger partial charge < -0.3 is 34.8 Å². The standard InChI is InChI=1S/C17H46O8Si5/c1-13-28(12,24-26(8,9)14-16-29(18-2,19-3)20-4)25-27(10,11)15-17-30(21-5,22-6)23-7/h13-17H2,1-12H3. The van der Waals surface area contributed by atoms with Gasteiger partial charge in [-0.15, -0.1) is 0 Å². The van der Waals surface area contributed by atoms with Crippen molar-refractivity contribution in [2.75, 3.05) is 42.7 Å². The maximum absolute atomic E-state index is 6.81. The summed E-state index contributed by atoms with van der Waals surface area (Å²) in [6.45, 7) is 13.3. The minimum atomic E-state index is -2.61. The van der Waals surface area contributed by atoms with E-state index < -0.39 is 42.8 Å². The van der Waals surface area contributed by atoms with E-state index in [4.69, 9.17) is 34.8 Å². The van der Waals surface area contributed by atoms with Gasteiger partial charge in [0.15, 0.2) is 16.6 Å². The highest BCUT2D eigenvalue weighted by atomic mass is 28.5. The van der Waals surface area contributed by atoms with Crippen LogP contribution in [0.2, 0.25) is 63.0 Å². The number of rotatable bonds is 17. The molecule has 0 fully saturated rings. The van der Waals surface area contributed by atoms with Gasteiger partial charge in [-0.05, 0) is 50.9 Å². The maximum Gasteiger partial charge on any atom is 0.499 e. The Morgan fingerprint density at radius 1 is 0.467 bits per heavy atom. The second-order valence-electron chi connectivity index (χ2n) is 8.80. The highest BCUT2D eigenvalue weighted by Gasteiger charge is 2.46. The molecule has 0 atom stereocenters. The summed E-state index contributed by atoms with van der Waals surface area (Å²) in [5, 5.41) is 0. The summed E-state index contributed by atoms with van der Waals surface area (Å²) in [4.78, 5) is 0. The van der Waals surface area contributed by atoms with E-state index in [0.717, 1.165) is 30.2 Å². The average molecular weight is 519 g/mol. The van der Waals surface area contributed by atoms with Gasteiger partial charge in [0.25, 0.3) is 0 Å². The highest BCUT2D eigenvalue weighted by Crippen LogP contribution is 2.31. The highest BCUT2D eigenvalue weighted by molar-refractivity contribution is 6.89. The van der Waals surface area contributed by atoms with Gasteiger partial charge >= 0.3 is 26.2 Å². The second-order valence-corrected chi connectivity index (χ2v) is 27.6. The molecule has 0 aliphatic carbocycles. The molecule has 0 aromatic rings. The molecule has 0 heterocycles. The van der Waals surface area contributed by atoms with Gasteiger partial charge in [-0.2, -0.15) is 0 Å². The van der Waals surface area contributed by atoms with E-state index in [9.17, 15) is 0 Å². The molecule has 8 nitrogen and oxygen atoms in total. The van der Waals surface area contributed by atoms with Crippen molar-refractivity contribution >= 4 is 42.8 Å². The molecule has 0 saturated heterocycles. The molecule has 0 N–H and O–H groups in total. The third kappa shape index (κ3) is 9.72. The first-order valence-corrected chi connectivity index (χ1v) is 23.1. The number of hydrogen-bond acceptors (Lipinski definition) is 8. The van der Waals surface area contributed by atoms with Crippen LogP contribution in [0.3, 0.4) is 0 Å². The van der Waals surface area contributed by atoms with E-state index in [1.54, 1.807) is 42.7 Å². The molecule has 0 spiro atoms. The topological polar surface area (TPSA) is 73.8 Å². The molecular weight excluding hydrogens is 473 g/mol. The van der Waals surface area contributed by atoms with Crippen LogP contribution in [0.1, 0.15) is 6.92 Å². The molecule has 0 aliphatic heterocycles. The van der Waals surface area contributed by atoms with Crippen LogP contribution in [0.25, 0.3) is 0 Å². The molecule has 0 aromatic carbocycles. The summed E-state index contributed by atoms with van der Waals surface area (Å²) < 4.78 is 47.1. The average Bonchev–Trinajstić information content (AvgIpc) is 2.70. The Kier molecular flexibility index (Phi) is 13.2. The summed E-state index contributed by atoms with van der Waals surface area (Å²) in [6, 6.07) is 4.19. The Labute approximate surface area is 190 Å². The van der Waals surface area contributed by atoms with Gasteiger partial charge in [0.05, 0.1) is 0 Å². The normalized spacial score (nSPS) is 14.4.